The maximum atomic E-state index is 12.0. The van der Waals surface area contributed by atoms with E-state index >= 15 is 0 Å². The van der Waals surface area contributed by atoms with Crippen LogP contribution in [0.15, 0.2) is 12.1 Å². The van der Waals surface area contributed by atoms with Gasteiger partial charge in [0.2, 0.25) is 0 Å². The van der Waals surface area contributed by atoms with Gasteiger partial charge in [0, 0.05) is 0 Å². The van der Waals surface area contributed by atoms with Gasteiger partial charge in [-0.15, -0.1) is 0 Å². The second kappa shape index (κ2) is 6.33. The number of hydroxylamine groups is 1. The number of rotatable bonds is 5. The van der Waals surface area contributed by atoms with Gasteiger partial charge >= 0.3 is 5.97 Å². The lowest BCUT2D eigenvalue weighted by Crippen LogP contribution is -2.28. The van der Waals surface area contributed by atoms with Crippen molar-refractivity contribution in [3.05, 3.63) is 34.4 Å². The number of hydrogen-bond donors (Lipinski definition) is 2. The fourth-order valence-electron chi connectivity index (χ4n) is 1.70. The summed E-state index contributed by atoms with van der Waals surface area (Å²) in [6.07, 6.45) is 0. The Kier molecular flexibility index (Phi) is 5.06. The highest BCUT2D eigenvalue weighted by Gasteiger charge is 2.21. The molecule has 104 valence electrons. The van der Waals surface area contributed by atoms with Gasteiger partial charge in [0.15, 0.2) is 0 Å². The molecule has 0 saturated carbocycles. The SMILES string of the molecule is Cc1ccc(C)c(C(=O)NOCC(C)C)c1C(=O)O. The van der Waals surface area contributed by atoms with Crippen molar-refractivity contribution in [3.8, 4) is 0 Å². The zero-order valence-electron chi connectivity index (χ0n) is 11.6. The number of aryl methyl sites for hydroxylation is 2. The van der Waals surface area contributed by atoms with Gasteiger partial charge in [-0.2, -0.15) is 0 Å². The molecule has 1 aromatic rings. The minimum atomic E-state index is -1.12. The van der Waals surface area contributed by atoms with Crippen molar-refractivity contribution in [2.75, 3.05) is 6.61 Å². The average Bonchev–Trinajstić information content (AvgIpc) is 2.30. The fraction of sp³-hybridized carbons (Fsp3) is 0.429. The van der Waals surface area contributed by atoms with Gasteiger partial charge < -0.3 is 5.11 Å². The lowest BCUT2D eigenvalue weighted by Gasteiger charge is -2.13. The van der Waals surface area contributed by atoms with Gasteiger partial charge in [-0.05, 0) is 30.9 Å². The third-order valence-corrected chi connectivity index (χ3v) is 2.64. The molecular weight excluding hydrogens is 246 g/mol. The van der Waals surface area contributed by atoms with Gasteiger partial charge in [-0.3, -0.25) is 9.63 Å². The molecule has 0 saturated heterocycles. The molecule has 5 heteroatoms. The van der Waals surface area contributed by atoms with E-state index in [0.717, 1.165) is 0 Å². The van der Waals surface area contributed by atoms with Crippen LogP contribution in [0.5, 0.6) is 0 Å². The number of aromatic carboxylic acids is 1. The van der Waals surface area contributed by atoms with Crippen LogP contribution in [0, 0.1) is 19.8 Å². The molecule has 0 aliphatic heterocycles. The van der Waals surface area contributed by atoms with Crippen LogP contribution in [0.4, 0.5) is 0 Å². The smallest absolute Gasteiger partial charge is 0.336 e. The molecule has 0 radical (unpaired) electrons. The summed E-state index contributed by atoms with van der Waals surface area (Å²) in [5.41, 5.74) is 3.61. The molecule has 0 unspecified atom stereocenters. The molecule has 5 nitrogen and oxygen atoms in total. The van der Waals surface area contributed by atoms with Crippen molar-refractivity contribution in [1.29, 1.82) is 0 Å². The van der Waals surface area contributed by atoms with E-state index in [0.29, 0.717) is 17.7 Å². The van der Waals surface area contributed by atoms with Crippen LogP contribution < -0.4 is 5.48 Å². The molecule has 0 aliphatic carbocycles. The number of nitrogens with one attached hydrogen (secondary N) is 1. The monoisotopic (exact) mass is 265 g/mol. The van der Waals surface area contributed by atoms with E-state index in [1.54, 1.807) is 26.0 Å². The Morgan fingerprint density at radius 1 is 1.21 bits per heavy atom. The fourth-order valence-corrected chi connectivity index (χ4v) is 1.70. The van der Waals surface area contributed by atoms with Gasteiger partial charge in [0.05, 0.1) is 17.7 Å². The molecule has 19 heavy (non-hydrogen) atoms. The van der Waals surface area contributed by atoms with Crippen molar-refractivity contribution < 1.29 is 19.5 Å². The normalized spacial score (nSPS) is 10.6. The predicted octanol–water partition coefficient (Wildman–Crippen LogP) is 2.32. The van der Waals surface area contributed by atoms with Crippen LogP contribution in [-0.4, -0.2) is 23.6 Å². The van der Waals surface area contributed by atoms with Crippen LogP contribution in [0.2, 0.25) is 0 Å². The van der Waals surface area contributed by atoms with Gasteiger partial charge in [0.25, 0.3) is 5.91 Å². The summed E-state index contributed by atoms with van der Waals surface area (Å²) in [7, 11) is 0. The topological polar surface area (TPSA) is 75.6 Å². The number of carboxylic acids is 1. The van der Waals surface area contributed by atoms with E-state index < -0.39 is 11.9 Å². The second-order valence-electron chi connectivity index (χ2n) is 4.89. The number of carbonyl (C=O) groups excluding carboxylic acids is 1. The quantitative estimate of drug-likeness (QED) is 0.801. The van der Waals surface area contributed by atoms with Crippen molar-refractivity contribution in [2.45, 2.75) is 27.7 Å². The van der Waals surface area contributed by atoms with Gasteiger partial charge in [-0.25, -0.2) is 10.3 Å². The molecule has 0 atom stereocenters. The molecule has 0 bridgehead atoms. The molecule has 0 heterocycles. The van der Waals surface area contributed by atoms with Crippen LogP contribution in [0.25, 0.3) is 0 Å². The van der Waals surface area contributed by atoms with E-state index in [1.165, 1.54) is 0 Å². The number of hydrogen-bond acceptors (Lipinski definition) is 3. The van der Waals surface area contributed by atoms with Gasteiger partial charge in [0.1, 0.15) is 0 Å². The standard InChI is InChI=1S/C14H19NO4/c1-8(2)7-19-15-13(16)11-9(3)5-6-10(4)12(11)14(17)18/h5-6,8H,7H2,1-4H3,(H,15,16)(H,17,18). The Labute approximate surface area is 112 Å². The van der Waals surface area contributed by atoms with Crippen molar-refractivity contribution in [3.63, 3.8) is 0 Å². The van der Waals surface area contributed by atoms with E-state index in [-0.39, 0.29) is 17.0 Å². The number of carbonyl (C=O) groups is 2. The van der Waals surface area contributed by atoms with Crippen molar-refractivity contribution in [1.82, 2.24) is 5.48 Å². The molecule has 1 rings (SSSR count). The summed E-state index contributed by atoms with van der Waals surface area (Å²) in [5, 5.41) is 9.21. The lowest BCUT2D eigenvalue weighted by atomic mass is 9.97. The first-order valence-electron chi connectivity index (χ1n) is 6.10. The molecular formula is C14H19NO4. The second-order valence-corrected chi connectivity index (χ2v) is 4.89. The minimum Gasteiger partial charge on any atom is -0.478 e. The van der Waals surface area contributed by atoms with Crippen LogP contribution >= 0.6 is 0 Å². The van der Waals surface area contributed by atoms with Gasteiger partial charge in [-0.1, -0.05) is 26.0 Å². The Balaban J connectivity index is 3.02. The summed E-state index contributed by atoms with van der Waals surface area (Å²) in [6.45, 7) is 7.64. The van der Waals surface area contributed by atoms with E-state index in [4.69, 9.17) is 4.84 Å². The van der Waals surface area contributed by atoms with E-state index in [2.05, 4.69) is 5.48 Å². The third-order valence-electron chi connectivity index (χ3n) is 2.64. The Hall–Kier alpha value is -1.88. The summed E-state index contributed by atoms with van der Waals surface area (Å²) < 4.78 is 0. The minimum absolute atomic E-state index is 0.0191. The largest absolute Gasteiger partial charge is 0.478 e. The first kappa shape index (κ1) is 15.2. The van der Waals surface area contributed by atoms with Crippen LogP contribution in [0.1, 0.15) is 45.7 Å². The van der Waals surface area contributed by atoms with Crippen molar-refractivity contribution >= 4 is 11.9 Å². The molecule has 0 spiro atoms. The molecule has 0 fully saturated rings. The highest BCUT2D eigenvalue weighted by atomic mass is 16.6. The first-order chi connectivity index (χ1) is 8.84. The maximum absolute atomic E-state index is 12.0. The summed E-state index contributed by atoms with van der Waals surface area (Å²) >= 11 is 0. The molecule has 1 aromatic carbocycles. The average molecular weight is 265 g/mol. The Bertz CT molecular complexity index is 494. The molecule has 0 aliphatic rings. The first-order valence-corrected chi connectivity index (χ1v) is 6.10. The zero-order valence-corrected chi connectivity index (χ0v) is 11.6. The predicted molar refractivity (Wildman–Crippen MR) is 71.1 cm³/mol. The number of benzene rings is 1. The number of amides is 1. The summed E-state index contributed by atoms with van der Waals surface area (Å²) in [6, 6.07) is 3.41. The van der Waals surface area contributed by atoms with E-state index in [9.17, 15) is 14.7 Å². The molecule has 0 aromatic heterocycles. The Morgan fingerprint density at radius 3 is 2.21 bits per heavy atom. The van der Waals surface area contributed by atoms with Crippen molar-refractivity contribution in [2.24, 2.45) is 5.92 Å². The zero-order chi connectivity index (χ0) is 14.6. The highest BCUT2D eigenvalue weighted by molar-refractivity contribution is 6.06. The molecule has 1 amide bonds. The maximum Gasteiger partial charge on any atom is 0.336 e. The lowest BCUT2D eigenvalue weighted by molar-refractivity contribution is 0.0206. The number of carboxylic acid groups (broad SMARTS) is 1. The Morgan fingerprint density at radius 2 is 1.74 bits per heavy atom. The van der Waals surface area contributed by atoms with Crippen LogP contribution in [-0.2, 0) is 4.84 Å². The third kappa shape index (κ3) is 3.79. The molecule has 2 N–H and O–H groups in total. The highest BCUT2D eigenvalue weighted by Crippen LogP contribution is 2.18. The summed E-state index contributed by atoms with van der Waals surface area (Å²) in [5.74, 6) is -1.37. The van der Waals surface area contributed by atoms with Crippen LogP contribution in [0.3, 0.4) is 0 Å². The van der Waals surface area contributed by atoms with E-state index in [1.807, 2.05) is 13.8 Å². The summed E-state index contributed by atoms with van der Waals surface area (Å²) in [4.78, 5) is 28.3.